The van der Waals surface area contributed by atoms with Gasteiger partial charge in [0.25, 0.3) is 0 Å². The van der Waals surface area contributed by atoms with Crippen LogP contribution >= 0.6 is 0 Å². The van der Waals surface area contributed by atoms with Crippen LogP contribution in [-0.4, -0.2) is 246 Å². The van der Waals surface area contributed by atoms with Gasteiger partial charge in [-0.15, -0.1) is 0 Å². The molecule has 12 amide bonds. The summed E-state index contributed by atoms with van der Waals surface area (Å²) in [5.41, 5.74) is -1.19. The first-order chi connectivity index (χ1) is 44.9. The smallest absolute Gasteiger partial charge is 0.412 e. The van der Waals surface area contributed by atoms with Crippen molar-refractivity contribution in [3.05, 3.63) is 36.4 Å². The van der Waals surface area contributed by atoms with Crippen molar-refractivity contribution >= 4 is 76.8 Å². The number of amides is 12. The third-order valence-corrected chi connectivity index (χ3v) is 17.8. The molecule has 0 aliphatic carbocycles. The average molecular weight is 1370 g/mol. The van der Waals surface area contributed by atoms with Gasteiger partial charge in [0.05, 0.1) is 19.8 Å². The zero-order chi connectivity index (χ0) is 74.6. The number of aliphatic hydroxyl groups is 1. The number of nitrogens with zero attached hydrogens (tertiary/aromatic N) is 7. The Hall–Kier alpha value is -7.84. The number of ether oxygens (including phenoxy) is 2. The molecule has 0 saturated carbocycles. The van der Waals surface area contributed by atoms with E-state index in [2.05, 4.69) is 26.6 Å². The molecule has 0 bridgehead atoms. The number of benzene rings is 1. The Balaban J connectivity index is 3.04. The summed E-state index contributed by atoms with van der Waals surface area (Å²) in [6, 6.07) is -6.96. The van der Waals surface area contributed by atoms with Crippen LogP contribution in [-0.2, 0) is 57.5 Å². The number of anilines is 1. The fourth-order valence-electron chi connectivity index (χ4n) is 11.8. The predicted molar refractivity (Wildman–Crippen MR) is 371 cm³/mol. The normalized spacial score (nSPS) is 25.0. The first kappa shape index (κ1) is 85.2. The van der Waals surface area contributed by atoms with E-state index >= 15 is 19.2 Å². The molecule has 27 nitrogen and oxygen atoms in total. The van der Waals surface area contributed by atoms with Crippen LogP contribution in [0.4, 0.5) is 10.5 Å². The van der Waals surface area contributed by atoms with E-state index < -0.39 is 167 Å². The molecule has 1 heterocycles. The number of aliphatic hydroxyl groups excluding tert-OH is 1. The highest BCUT2D eigenvalue weighted by atomic mass is 16.6. The van der Waals surface area contributed by atoms with E-state index in [1.165, 1.54) is 104 Å². The van der Waals surface area contributed by atoms with Gasteiger partial charge in [-0.25, -0.2) is 4.79 Å². The molecule has 0 aromatic heterocycles. The molecule has 1 fully saturated rings. The van der Waals surface area contributed by atoms with Crippen molar-refractivity contribution in [3.8, 4) is 5.75 Å². The van der Waals surface area contributed by atoms with Crippen molar-refractivity contribution in [1.29, 1.82) is 0 Å². The van der Waals surface area contributed by atoms with Crippen LogP contribution in [0.15, 0.2) is 36.4 Å². The molecule has 12 atom stereocenters. The minimum absolute atomic E-state index is 0.0498. The number of allylic oxidation sites excluding steroid dienone is 2. The molecule has 6 N–H and O–H groups in total. The summed E-state index contributed by atoms with van der Waals surface area (Å²) < 4.78 is 11.1. The van der Waals surface area contributed by atoms with Crippen molar-refractivity contribution in [2.24, 2.45) is 35.5 Å². The van der Waals surface area contributed by atoms with Crippen molar-refractivity contribution in [2.75, 3.05) is 68.3 Å². The lowest BCUT2D eigenvalue weighted by atomic mass is 9.91. The van der Waals surface area contributed by atoms with Gasteiger partial charge in [-0.05, 0) is 126 Å². The average Bonchev–Trinajstić information content (AvgIpc) is 0.817. The van der Waals surface area contributed by atoms with Gasteiger partial charge in [-0.1, -0.05) is 95.2 Å². The van der Waals surface area contributed by atoms with Gasteiger partial charge >= 0.3 is 6.09 Å². The SMILES string of the molecule is C/C=C/CC(C)C(O)[C@H]1C(=O)N[C@@H](CC)C(=O)N(C)CC(=O)N(C)[C@@H](CC(C)(C)OC(=O)Nc2ccc(OC)cc2)C(=O)N[C@@H](C(C)C)C(=O)N(C)[C@@H](CC(C)C)C(=O)N[C@@H](C)C(=O)N[C@H](C)C(=O)N(C)[C@@H](CC(C)C)C(=O)N(C)[C@@H](CC(C)C)C(=O)N(C)[C@@H](C(C)C)C(=O)N1C. The number of methoxy groups -OCH3 is 1. The maximum absolute atomic E-state index is 15.3. The molecule has 1 aliphatic heterocycles. The Morgan fingerprint density at radius 1 is 0.577 bits per heavy atom. The lowest BCUT2D eigenvalue weighted by Gasteiger charge is -2.41. The molecule has 1 aromatic carbocycles. The molecule has 2 rings (SSSR count). The van der Waals surface area contributed by atoms with Crippen molar-refractivity contribution in [1.82, 2.24) is 55.6 Å². The fraction of sp³-hybridized carbons (Fsp3) is 0.714. The number of nitrogens with one attached hydrogen (secondary N) is 5. The Labute approximate surface area is 576 Å². The topological polar surface area (TPSA) is 326 Å². The van der Waals surface area contributed by atoms with Crippen LogP contribution < -0.4 is 31.3 Å². The molecule has 1 aliphatic rings. The summed E-state index contributed by atoms with van der Waals surface area (Å²) in [5, 5.41) is 25.7. The van der Waals surface area contributed by atoms with Crippen LogP contribution in [0.25, 0.3) is 0 Å². The van der Waals surface area contributed by atoms with Gasteiger partial charge in [0.15, 0.2) is 0 Å². The number of carbonyl (C=O) groups excluding carboxylic acids is 12. The van der Waals surface area contributed by atoms with E-state index in [-0.39, 0.29) is 56.3 Å². The predicted octanol–water partition coefficient (Wildman–Crippen LogP) is 4.65. The third kappa shape index (κ3) is 24.3. The third-order valence-electron chi connectivity index (χ3n) is 17.8. The van der Waals surface area contributed by atoms with Gasteiger partial charge < -0.3 is 70.1 Å². The molecular weight excluding hydrogens is 1250 g/mol. The Bertz CT molecular complexity index is 2900. The Kier molecular flexibility index (Phi) is 33.7. The first-order valence-corrected chi connectivity index (χ1v) is 33.9. The van der Waals surface area contributed by atoms with E-state index in [1.54, 1.807) is 84.9 Å². The van der Waals surface area contributed by atoms with Gasteiger partial charge in [-0.2, -0.15) is 0 Å². The van der Waals surface area contributed by atoms with Crippen LogP contribution in [0, 0.1) is 35.5 Å². The highest BCUT2D eigenvalue weighted by Gasteiger charge is 2.46. The van der Waals surface area contributed by atoms with Crippen molar-refractivity contribution < 1.29 is 72.1 Å². The fourth-order valence-corrected chi connectivity index (χ4v) is 11.8. The van der Waals surface area contributed by atoms with E-state index in [4.69, 9.17) is 9.47 Å². The number of likely N-dealkylation sites (N-methyl/N-ethyl adjacent to an activating group) is 7. The second-order valence-corrected chi connectivity index (χ2v) is 28.7. The molecule has 27 heteroatoms. The summed E-state index contributed by atoms with van der Waals surface area (Å²) in [4.78, 5) is 184. The summed E-state index contributed by atoms with van der Waals surface area (Å²) in [7, 11) is 11.1. The summed E-state index contributed by atoms with van der Waals surface area (Å²) in [6.07, 6.45) is 1.26. The van der Waals surface area contributed by atoms with E-state index in [1.807, 2.05) is 41.5 Å². The molecule has 1 aromatic rings. The van der Waals surface area contributed by atoms with Crippen LogP contribution in [0.5, 0.6) is 5.75 Å². The lowest BCUT2D eigenvalue weighted by Crippen LogP contribution is -2.63. The number of hydrogen-bond donors (Lipinski definition) is 6. The molecular formula is C70H118N12O15. The largest absolute Gasteiger partial charge is 0.497 e. The van der Waals surface area contributed by atoms with E-state index in [9.17, 15) is 43.5 Å². The molecule has 548 valence electrons. The highest BCUT2D eigenvalue weighted by molar-refractivity contribution is 6.00. The molecule has 97 heavy (non-hydrogen) atoms. The van der Waals surface area contributed by atoms with Crippen LogP contribution in [0.1, 0.15) is 156 Å². The van der Waals surface area contributed by atoms with E-state index in [0.29, 0.717) is 11.4 Å². The minimum Gasteiger partial charge on any atom is -0.497 e. The van der Waals surface area contributed by atoms with Gasteiger partial charge in [0.2, 0.25) is 65.0 Å². The van der Waals surface area contributed by atoms with Gasteiger partial charge in [-0.3, -0.25) is 58.1 Å². The Morgan fingerprint density at radius 2 is 1.05 bits per heavy atom. The number of hydrogen-bond acceptors (Lipinski definition) is 15. The molecule has 0 spiro atoms. The minimum atomic E-state index is -1.67. The zero-order valence-electron chi connectivity index (χ0n) is 62.5. The van der Waals surface area contributed by atoms with Crippen molar-refractivity contribution in [3.63, 3.8) is 0 Å². The molecule has 1 saturated heterocycles. The quantitative estimate of drug-likeness (QED) is 0.109. The monoisotopic (exact) mass is 1370 g/mol. The lowest BCUT2D eigenvalue weighted by molar-refractivity contribution is -0.157. The second-order valence-electron chi connectivity index (χ2n) is 28.7. The number of rotatable bonds is 18. The Morgan fingerprint density at radius 3 is 1.54 bits per heavy atom. The zero-order valence-corrected chi connectivity index (χ0v) is 62.5. The highest BCUT2D eigenvalue weighted by Crippen LogP contribution is 2.27. The first-order valence-electron chi connectivity index (χ1n) is 33.9. The van der Waals surface area contributed by atoms with Gasteiger partial charge in [0, 0.05) is 61.4 Å². The summed E-state index contributed by atoms with van der Waals surface area (Å²) in [6.45, 7) is 28.1. The molecule has 2 unspecified atom stereocenters. The van der Waals surface area contributed by atoms with Gasteiger partial charge in [0.1, 0.15) is 71.8 Å². The second kappa shape index (κ2) is 38.3. The van der Waals surface area contributed by atoms with Crippen LogP contribution in [0.2, 0.25) is 0 Å². The van der Waals surface area contributed by atoms with Crippen molar-refractivity contribution in [2.45, 2.75) is 228 Å². The van der Waals surface area contributed by atoms with E-state index in [0.717, 1.165) is 14.7 Å². The maximum Gasteiger partial charge on any atom is 0.412 e. The standard InChI is InChI=1S/C70H118N12O15/c1-26-28-29-44(13)58(84)57-62(88)74-49(27-2)64(90)76(18)38-54(83)77(19)53(37-70(16,17)97-69(95)73-47-30-32-48(96-25)33-31-47)61(87)75-55(42(9)10)67(93)78(20)50(34-39(3)4)60(86)71-45(14)59(85)72-46(15)63(89)79(21)51(35-40(5)6)65(91)80(22)52(36-41(7)8)66(92)81(23)56(43(11)12)68(94)82(57)24/h26,28,30-33,39-46,49-53,55-58,84H,27,29,34-38H2,1-25H3,(H,71,86)(H,72,85)(H,73,95)(H,74,88)(H,75,87)/b28-26+/t44?,45-,46+,49-,50-,51-,52-,53-,55-,56-,57-,58?/m0/s1. The number of carbonyl (C=O) groups is 12. The summed E-state index contributed by atoms with van der Waals surface area (Å²) >= 11 is 0. The maximum atomic E-state index is 15.3. The summed E-state index contributed by atoms with van der Waals surface area (Å²) in [5.74, 6) is -10.3. The van der Waals surface area contributed by atoms with Crippen LogP contribution in [0.3, 0.4) is 0 Å². The molecule has 0 radical (unpaired) electrons.